The number of nitrogens with one attached hydrogen (secondary N) is 2. The lowest BCUT2D eigenvalue weighted by atomic mass is 10.2. The summed E-state index contributed by atoms with van der Waals surface area (Å²) >= 11 is 5.32. The van der Waals surface area contributed by atoms with Crippen molar-refractivity contribution in [1.82, 2.24) is 5.32 Å². The van der Waals surface area contributed by atoms with Crippen molar-refractivity contribution in [1.29, 1.82) is 0 Å². The summed E-state index contributed by atoms with van der Waals surface area (Å²) in [7, 11) is 0. The van der Waals surface area contributed by atoms with E-state index < -0.39 is 0 Å². The Hall–Kier alpha value is -1.29. The minimum Gasteiger partial charge on any atom is -0.494 e. The number of benzene rings is 1. The number of thiocarbonyl (C=S) groups is 1. The monoisotopic (exact) mass is 264 g/mol. The van der Waals surface area contributed by atoms with Crippen LogP contribution in [-0.4, -0.2) is 17.8 Å². The van der Waals surface area contributed by atoms with Crippen LogP contribution < -0.4 is 15.4 Å². The largest absolute Gasteiger partial charge is 0.494 e. The van der Waals surface area contributed by atoms with Gasteiger partial charge in [0.05, 0.1) is 6.61 Å². The molecule has 18 heavy (non-hydrogen) atoms. The number of anilines is 1. The Morgan fingerprint density at radius 2 is 2.17 bits per heavy atom. The number of hydrogen-bond donors (Lipinski definition) is 2. The Kier molecular flexibility index (Phi) is 4.81. The molecule has 2 N–H and O–H groups in total. The summed E-state index contributed by atoms with van der Waals surface area (Å²) < 4.78 is 5.46. The first kappa shape index (κ1) is 13.1. The first-order valence-electron chi connectivity index (χ1n) is 6.58. The summed E-state index contributed by atoms with van der Waals surface area (Å²) in [5, 5.41) is 7.27. The van der Waals surface area contributed by atoms with Gasteiger partial charge in [-0.2, -0.15) is 0 Å². The maximum atomic E-state index is 5.46. The molecular weight excluding hydrogens is 244 g/mol. The van der Waals surface area contributed by atoms with Crippen molar-refractivity contribution < 1.29 is 4.74 Å². The van der Waals surface area contributed by atoms with Gasteiger partial charge in [-0.25, -0.2) is 0 Å². The molecule has 3 nitrogen and oxygen atoms in total. The molecule has 0 saturated heterocycles. The van der Waals surface area contributed by atoms with Gasteiger partial charge in [0.15, 0.2) is 5.11 Å². The molecule has 0 radical (unpaired) electrons. The maximum Gasteiger partial charge on any atom is 0.170 e. The van der Waals surface area contributed by atoms with Gasteiger partial charge in [0, 0.05) is 17.8 Å². The van der Waals surface area contributed by atoms with E-state index in [2.05, 4.69) is 10.6 Å². The lowest BCUT2D eigenvalue weighted by Crippen LogP contribution is -2.35. The summed E-state index contributed by atoms with van der Waals surface area (Å²) in [6.45, 7) is 2.65. The standard InChI is InChI=1S/C14H20N2OS/c1-2-17-13-9-5-8-12(10-13)16-14(18)15-11-6-3-4-7-11/h5,8-11H,2-4,6-7H2,1H3,(H2,15,16,18). The van der Waals surface area contributed by atoms with Crippen LogP contribution in [0, 0.1) is 0 Å². The van der Waals surface area contributed by atoms with Crippen LogP contribution in [0.25, 0.3) is 0 Å². The summed E-state index contributed by atoms with van der Waals surface area (Å²) in [6, 6.07) is 8.41. The van der Waals surface area contributed by atoms with E-state index in [9.17, 15) is 0 Å². The van der Waals surface area contributed by atoms with Crippen molar-refractivity contribution >= 4 is 23.0 Å². The van der Waals surface area contributed by atoms with Gasteiger partial charge < -0.3 is 15.4 Å². The van der Waals surface area contributed by atoms with Gasteiger partial charge >= 0.3 is 0 Å². The molecule has 4 heteroatoms. The molecule has 0 unspecified atom stereocenters. The number of ether oxygens (including phenoxy) is 1. The van der Waals surface area contributed by atoms with E-state index in [1.807, 2.05) is 31.2 Å². The first-order valence-corrected chi connectivity index (χ1v) is 6.99. The zero-order valence-corrected chi connectivity index (χ0v) is 11.6. The van der Waals surface area contributed by atoms with Crippen molar-refractivity contribution in [3.63, 3.8) is 0 Å². The smallest absolute Gasteiger partial charge is 0.170 e. The molecule has 1 saturated carbocycles. The van der Waals surface area contributed by atoms with Crippen LogP contribution in [-0.2, 0) is 0 Å². The molecule has 0 bridgehead atoms. The highest BCUT2D eigenvalue weighted by atomic mass is 32.1. The molecule has 0 atom stereocenters. The molecule has 1 fully saturated rings. The SMILES string of the molecule is CCOc1cccc(NC(=S)NC2CCCC2)c1. The maximum absolute atomic E-state index is 5.46. The molecule has 0 aromatic heterocycles. The Bertz CT molecular complexity index is 403. The highest BCUT2D eigenvalue weighted by Gasteiger charge is 2.15. The van der Waals surface area contributed by atoms with Gasteiger partial charge in [-0.15, -0.1) is 0 Å². The van der Waals surface area contributed by atoms with E-state index >= 15 is 0 Å². The molecule has 98 valence electrons. The lowest BCUT2D eigenvalue weighted by Gasteiger charge is -2.16. The molecule has 2 rings (SSSR count). The third kappa shape index (κ3) is 3.88. The molecule has 1 aromatic carbocycles. The lowest BCUT2D eigenvalue weighted by molar-refractivity contribution is 0.340. The predicted octanol–water partition coefficient (Wildman–Crippen LogP) is 3.31. The van der Waals surface area contributed by atoms with Crippen LogP contribution in [0.2, 0.25) is 0 Å². The van der Waals surface area contributed by atoms with Crippen molar-refractivity contribution in [3.8, 4) is 5.75 Å². The fourth-order valence-corrected chi connectivity index (χ4v) is 2.54. The van der Waals surface area contributed by atoms with E-state index in [4.69, 9.17) is 17.0 Å². The van der Waals surface area contributed by atoms with Crippen LogP contribution in [0.1, 0.15) is 32.6 Å². The Balaban J connectivity index is 1.87. The van der Waals surface area contributed by atoms with Gasteiger partial charge in [0.25, 0.3) is 0 Å². The van der Waals surface area contributed by atoms with Crippen molar-refractivity contribution in [2.45, 2.75) is 38.6 Å². The van der Waals surface area contributed by atoms with Gasteiger partial charge in [0.1, 0.15) is 5.75 Å². The van der Waals surface area contributed by atoms with Crippen molar-refractivity contribution in [2.75, 3.05) is 11.9 Å². The Morgan fingerprint density at radius 1 is 1.39 bits per heavy atom. The van der Waals surface area contributed by atoms with Crippen molar-refractivity contribution in [3.05, 3.63) is 24.3 Å². The van der Waals surface area contributed by atoms with Gasteiger partial charge in [0.2, 0.25) is 0 Å². The zero-order valence-electron chi connectivity index (χ0n) is 10.7. The van der Waals surface area contributed by atoms with Crippen LogP contribution in [0.15, 0.2) is 24.3 Å². The Labute approximate surface area is 114 Å². The first-order chi connectivity index (χ1) is 8.78. The summed E-state index contributed by atoms with van der Waals surface area (Å²) in [5.41, 5.74) is 0.969. The topological polar surface area (TPSA) is 33.3 Å². The van der Waals surface area contributed by atoms with E-state index in [1.54, 1.807) is 0 Å². The minimum atomic E-state index is 0.542. The molecule has 0 heterocycles. The van der Waals surface area contributed by atoms with Crippen molar-refractivity contribution in [2.24, 2.45) is 0 Å². The molecule has 1 aromatic rings. The second-order valence-corrected chi connectivity index (χ2v) is 4.95. The molecular formula is C14H20N2OS. The molecule has 0 spiro atoms. The van der Waals surface area contributed by atoms with Gasteiger partial charge in [-0.1, -0.05) is 18.9 Å². The Morgan fingerprint density at radius 3 is 2.89 bits per heavy atom. The third-order valence-electron chi connectivity index (χ3n) is 3.09. The average molecular weight is 264 g/mol. The third-order valence-corrected chi connectivity index (χ3v) is 3.31. The summed E-state index contributed by atoms with van der Waals surface area (Å²) in [4.78, 5) is 0. The second kappa shape index (κ2) is 6.59. The quantitative estimate of drug-likeness (QED) is 0.817. The number of rotatable bonds is 4. The molecule has 0 aliphatic heterocycles. The molecule has 1 aliphatic rings. The normalized spacial score (nSPS) is 15.4. The fraction of sp³-hybridized carbons (Fsp3) is 0.500. The van der Waals surface area contributed by atoms with Crippen LogP contribution >= 0.6 is 12.2 Å². The highest BCUT2D eigenvalue weighted by molar-refractivity contribution is 7.80. The van der Waals surface area contributed by atoms with E-state index in [-0.39, 0.29) is 0 Å². The summed E-state index contributed by atoms with van der Waals surface area (Å²) in [5.74, 6) is 0.867. The summed E-state index contributed by atoms with van der Waals surface area (Å²) in [6.07, 6.45) is 5.06. The average Bonchev–Trinajstić information content (AvgIpc) is 2.82. The fourth-order valence-electron chi connectivity index (χ4n) is 2.25. The van der Waals surface area contributed by atoms with Crippen LogP contribution in [0.4, 0.5) is 5.69 Å². The van der Waals surface area contributed by atoms with Crippen LogP contribution in [0.3, 0.4) is 0 Å². The molecule has 0 amide bonds. The minimum absolute atomic E-state index is 0.542. The highest BCUT2D eigenvalue weighted by Crippen LogP contribution is 2.19. The zero-order chi connectivity index (χ0) is 12.8. The van der Waals surface area contributed by atoms with E-state index in [1.165, 1.54) is 25.7 Å². The van der Waals surface area contributed by atoms with Crippen LogP contribution in [0.5, 0.6) is 5.75 Å². The molecule has 1 aliphatic carbocycles. The van der Waals surface area contributed by atoms with Gasteiger partial charge in [-0.3, -0.25) is 0 Å². The van der Waals surface area contributed by atoms with Gasteiger partial charge in [-0.05, 0) is 44.1 Å². The van der Waals surface area contributed by atoms with E-state index in [0.29, 0.717) is 17.8 Å². The predicted molar refractivity (Wildman–Crippen MR) is 79.2 cm³/mol. The van der Waals surface area contributed by atoms with E-state index in [0.717, 1.165) is 11.4 Å². The number of hydrogen-bond acceptors (Lipinski definition) is 2. The second-order valence-electron chi connectivity index (χ2n) is 4.54.